The van der Waals surface area contributed by atoms with Crippen LogP contribution in [0.3, 0.4) is 0 Å². The Balaban J connectivity index is 1.64. The minimum Gasteiger partial charge on any atom is -0.480 e. The maximum Gasteiger partial charge on any atom is 0.322 e. The molecule has 0 saturated carbocycles. The third-order valence-corrected chi connectivity index (χ3v) is 4.60. The van der Waals surface area contributed by atoms with E-state index >= 15 is 0 Å². The summed E-state index contributed by atoms with van der Waals surface area (Å²) in [6.07, 6.45) is 3.79. The van der Waals surface area contributed by atoms with Gasteiger partial charge in [0.1, 0.15) is 12.1 Å². The van der Waals surface area contributed by atoms with Gasteiger partial charge in [0.15, 0.2) is 0 Å². The average molecular weight is 383 g/mol. The van der Waals surface area contributed by atoms with Gasteiger partial charge in [0, 0.05) is 11.4 Å². The fourth-order valence-corrected chi connectivity index (χ4v) is 3.17. The van der Waals surface area contributed by atoms with Gasteiger partial charge in [-0.1, -0.05) is 12.1 Å². The molecule has 28 heavy (non-hydrogen) atoms. The number of carbonyl (C=O) groups excluding carboxylic acids is 2. The van der Waals surface area contributed by atoms with E-state index in [4.69, 9.17) is 5.11 Å². The highest BCUT2D eigenvalue weighted by molar-refractivity contribution is 6.04. The van der Waals surface area contributed by atoms with E-state index in [0.29, 0.717) is 11.3 Å². The number of hydrogen-bond donors (Lipinski definition) is 4. The fraction of sp³-hybridized carbons (Fsp3) is 0.300. The van der Waals surface area contributed by atoms with Crippen molar-refractivity contribution in [1.29, 1.82) is 0 Å². The highest BCUT2D eigenvalue weighted by Crippen LogP contribution is 2.19. The van der Waals surface area contributed by atoms with Gasteiger partial charge in [0.25, 0.3) is 11.5 Å². The highest BCUT2D eigenvalue weighted by Gasteiger charge is 2.17. The van der Waals surface area contributed by atoms with E-state index in [1.165, 1.54) is 0 Å². The van der Waals surface area contributed by atoms with E-state index in [1.807, 2.05) is 0 Å². The molecule has 3 rings (SSSR count). The van der Waals surface area contributed by atoms with E-state index in [0.717, 1.165) is 36.9 Å². The Hall–Kier alpha value is -3.42. The Bertz CT molecular complexity index is 963. The second-order valence-electron chi connectivity index (χ2n) is 6.72. The number of pyridine rings is 1. The van der Waals surface area contributed by atoms with Gasteiger partial charge in [-0.05, 0) is 55.0 Å². The number of rotatable bonds is 6. The number of aromatic nitrogens is 1. The minimum absolute atomic E-state index is 0.0337. The lowest BCUT2D eigenvalue weighted by Gasteiger charge is -2.16. The first-order chi connectivity index (χ1) is 13.4. The van der Waals surface area contributed by atoms with Gasteiger partial charge < -0.3 is 20.7 Å². The summed E-state index contributed by atoms with van der Waals surface area (Å²) < 4.78 is 0. The lowest BCUT2D eigenvalue weighted by Crippen LogP contribution is -2.30. The zero-order chi connectivity index (χ0) is 20.1. The van der Waals surface area contributed by atoms with Crippen molar-refractivity contribution >= 4 is 23.5 Å². The Morgan fingerprint density at radius 1 is 1.07 bits per heavy atom. The maximum absolute atomic E-state index is 12.5. The number of amides is 2. The predicted octanol–water partition coefficient (Wildman–Crippen LogP) is 1.25. The number of carbonyl (C=O) groups is 3. The number of carboxylic acids is 1. The molecule has 0 radical (unpaired) electrons. The first kappa shape index (κ1) is 19.3. The van der Waals surface area contributed by atoms with Crippen molar-refractivity contribution in [2.24, 2.45) is 0 Å². The van der Waals surface area contributed by atoms with Crippen LogP contribution in [0.2, 0.25) is 0 Å². The first-order valence-electron chi connectivity index (χ1n) is 9.06. The summed E-state index contributed by atoms with van der Waals surface area (Å²) in [6.45, 7) is -0.428. The summed E-state index contributed by atoms with van der Waals surface area (Å²) >= 11 is 0. The average Bonchev–Trinajstić information content (AvgIpc) is 2.67. The molecule has 4 N–H and O–H groups in total. The van der Waals surface area contributed by atoms with Crippen molar-refractivity contribution in [3.05, 3.63) is 63.1 Å². The van der Waals surface area contributed by atoms with Gasteiger partial charge >= 0.3 is 5.97 Å². The van der Waals surface area contributed by atoms with Gasteiger partial charge in [-0.15, -0.1) is 0 Å². The normalized spacial score (nSPS) is 12.7. The zero-order valence-corrected chi connectivity index (χ0v) is 15.2. The van der Waals surface area contributed by atoms with Gasteiger partial charge in [-0.25, -0.2) is 0 Å². The molecule has 0 unspecified atom stereocenters. The number of aryl methyl sites for hydroxylation is 2. The fourth-order valence-electron chi connectivity index (χ4n) is 3.17. The number of aromatic amines is 1. The summed E-state index contributed by atoms with van der Waals surface area (Å²) in [7, 11) is 0. The molecule has 1 heterocycles. The zero-order valence-electron chi connectivity index (χ0n) is 15.2. The van der Waals surface area contributed by atoms with Crippen LogP contribution < -0.4 is 16.2 Å². The lowest BCUT2D eigenvalue weighted by atomic mass is 9.95. The van der Waals surface area contributed by atoms with E-state index in [2.05, 4.69) is 15.6 Å². The number of carboxylic acid groups (broad SMARTS) is 1. The van der Waals surface area contributed by atoms with Crippen LogP contribution in [0, 0.1) is 0 Å². The molecule has 0 atom stereocenters. The molecule has 0 saturated heterocycles. The molecule has 1 aliphatic carbocycles. The molecular weight excluding hydrogens is 362 g/mol. The SMILES string of the molecule is O=C(O)CNC(=O)Cc1ccc(NC(=O)c2cc3c([nH]c2=O)CCCC3)cc1. The van der Waals surface area contributed by atoms with Crippen LogP contribution in [0.5, 0.6) is 0 Å². The molecule has 1 aromatic carbocycles. The van der Waals surface area contributed by atoms with Crippen LogP contribution in [0.1, 0.15) is 40.0 Å². The Morgan fingerprint density at radius 2 is 1.79 bits per heavy atom. The molecule has 1 aliphatic rings. The van der Waals surface area contributed by atoms with Gasteiger partial charge in [-0.3, -0.25) is 19.2 Å². The molecule has 2 amide bonds. The molecule has 0 spiro atoms. The van der Waals surface area contributed by atoms with Gasteiger partial charge in [0.05, 0.1) is 6.42 Å². The topological polar surface area (TPSA) is 128 Å². The van der Waals surface area contributed by atoms with Crippen LogP contribution in [-0.4, -0.2) is 34.4 Å². The summed E-state index contributed by atoms with van der Waals surface area (Å²) in [5.41, 5.74) is 2.78. The number of nitrogens with one attached hydrogen (secondary N) is 3. The summed E-state index contributed by atoms with van der Waals surface area (Å²) in [5.74, 6) is -2.00. The number of hydrogen-bond acceptors (Lipinski definition) is 4. The lowest BCUT2D eigenvalue weighted by molar-refractivity contribution is -0.137. The van der Waals surface area contributed by atoms with Crippen molar-refractivity contribution in [3.63, 3.8) is 0 Å². The third kappa shape index (κ3) is 4.85. The third-order valence-electron chi connectivity index (χ3n) is 4.60. The highest BCUT2D eigenvalue weighted by atomic mass is 16.4. The minimum atomic E-state index is -1.11. The van der Waals surface area contributed by atoms with Crippen LogP contribution in [-0.2, 0) is 28.9 Å². The maximum atomic E-state index is 12.5. The van der Waals surface area contributed by atoms with Crippen molar-refractivity contribution in [1.82, 2.24) is 10.3 Å². The monoisotopic (exact) mass is 383 g/mol. The summed E-state index contributed by atoms with van der Waals surface area (Å²) in [4.78, 5) is 49.6. The molecule has 8 heteroatoms. The van der Waals surface area contributed by atoms with Crippen molar-refractivity contribution in [3.8, 4) is 0 Å². The molecule has 2 aromatic rings. The standard InChI is InChI=1S/C20H21N3O5/c24-17(21-11-18(25)26)9-12-5-7-14(8-6-12)22-19(27)15-10-13-3-1-2-4-16(13)23-20(15)28/h5-8,10H,1-4,9,11H2,(H,21,24)(H,22,27)(H,23,28)(H,25,26). The van der Waals surface area contributed by atoms with Gasteiger partial charge in [0.2, 0.25) is 5.91 Å². The van der Waals surface area contributed by atoms with Crippen molar-refractivity contribution in [2.75, 3.05) is 11.9 Å². The van der Waals surface area contributed by atoms with E-state index in [9.17, 15) is 19.2 Å². The second kappa shape index (κ2) is 8.51. The molecule has 0 bridgehead atoms. The van der Waals surface area contributed by atoms with Crippen LogP contribution in [0.4, 0.5) is 5.69 Å². The van der Waals surface area contributed by atoms with Gasteiger partial charge in [-0.2, -0.15) is 0 Å². The Labute approximate surface area is 161 Å². The van der Waals surface area contributed by atoms with Crippen LogP contribution in [0.25, 0.3) is 0 Å². The number of fused-ring (bicyclic) bond motifs is 1. The van der Waals surface area contributed by atoms with Crippen molar-refractivity contribution < 1.29 is 19.5 Å². The number of benzene rings is 1. The Morgan fingerprint density at radius 3 is 2.50 bits per heavy atom. The smallest absolute Gasteiger partial charge is 0.322 e. The van der Waals surface area contributed by atoms with E-state index in [-0.39, 0.29) is 12.0 Å². The van der Waals surface area contributed by atoms with Crippen molar-refractivity contribution in [2.45, 2.75) is 32.1 Å². The van der Waals surface area contributed by atoms with Crippen LogP contribution >= 0.6 is 0 Å². The second-order valence-corrected chi connectivity index (χ2v) is 6.72. The van der Waals surface area contributed by atoms with E-state index in [1.54, 1.807) is 30.3 Å². The predicted molar refractivity (Wildman–Crippen MR) is 102 cm³/mol. The quantitative estimate of drug-likeness (QED) is 0.597. The molecular formula is C20H21N3O5. The largest absolute Gasteiger partial charge is 0.480 e. The number of aliphatic carboxylic acids is 1. The molecule has 8 nitrogen and oxygen atoms in total. The Kier molecular flexibility index (Phi) is 5.88. The number of H-pyrrole nitrogens is 1. The molecule has 0 fully saturated rings. The first-order valence-corrected chi connectivity index (χ1v) is 9.06. The molecule has 1 aromatic heterocycles. The molecule has 0 aliphatic heterocycles. The van der Waals surface area contributed by atoms with Crippen LogP contribution in [0.15, 0.2) is 35.1 Å². The molecule has 146 valence electrons. The summed E-state index contributed by atoms with van der Waals surface area (Å²) in [6, 6.07) is 8.25. The summed E-state index contributed by atoms with van der Waals surface area (Å²) in [5, 5.41) is 13.5. The van der Waals surface area contributed by atoms with E-state index < -0.39 is 29.9 Å². The number of anilines is 1.